The van der Waals surface area contributed by atoms with Crippen LogP contribution < -0.4 is 0 Å². The normalized spacial score (nSPS) is 47.3. The van der Waals surface area contributed by atoms with Crippen molar-refractivity contribution in [1.29, 1.82) is 0 Å². The molecule has 0 radical (unpaired) electrons. The van der Waals surface area contributed by atoms with E-state index < -0.39 is 13.0 Å². The van der Waals surface area contributed by atoms with E-state index in [1.165, 1.54) is 0 Å². The van der Waals surface area contributed by atoms with Crippen molar-refractivity contribution in [2.75, 3.05) is 13.2 Å². The third-order valence-electron chi connectivity index (χ3n) is 2.76. The zero-order chi connectivity index (χ0) is 9.53. The van der Waals surface area contributed by atoms with E-state index in [4.69, 9.17) is 25.2 Å². The van der Waals surface area contributed by atoms with Gasteiger partial charge in [0, 0.05) is 0 Å². The van der Waals surface area contributed by atoms with E-state index in [1.807, 2.05) is 0 Å². The molecule has 2 fully saturated rings. The smallest absolute Gasteiger partial charge is 0.238 e. The highest BCUT2D eigenvalue weighted by Gasteiger charge is 2.56. The molecule has 0 atom stereocenters. The zero-order valence-corrected chi connectivity index (χ0v) is 8.73. The van der Waals surface area contributed by atoms with Crippen LogP contribution in [0.1, 0.15) is 19.3 Å². The lowest BCUT2D eigenvalue weighted by molar-refractivity contribution is -0.0759. The minimum absolute atomic E-state index is 0.0180. The third-order valence-corrected chi connectivity index (χ3v) is 4.24. The molecule has 13 heavy (non-hydrogen) atoms. The highest BCUT2D eigenvalue weighted by molar-refractivity contribution is 7.86. The molecule has 1 heterocycles. The van der Waals surface area contributed by atoms with Crippen molar-refractivity contribution >= 4 is 18.5 Å². The molecule has 1 aliphatic heterocycles. The molecule has 1 aliphatic carbocycles. The average Bonchev–Trinajstić information content (AvgIpc) is 1.93. The lowest BCUT2D eigenvalue weighted by Crippen LogP contribution is -2.47. The Bertz CT molecular complexity index is 200. The van der Waals surface area contributed by atoms with Gasteiger partial charge in [-0.25, -0.2) is 4.39 Å². The Kier molecular flexibility index (Phi) is 2.54. The molecule has 0 unspecified atom stereocenters. The second-order valence-corrected chi connectivity index (χ2v) is 6.36. The maximum atomic E-state index is 14.0. The van der Waals surface area contributed by atoms with Gasteiger partial charge in [-0.15, -0.1) is 0 Å². The van der Waals surface area contributed by atoms with E-state index in [0.29, 0.717) is 0 Å². The summed E-state index contributed by atoms with van der Waals surface area (Å²) in [6.07, 6.45) is 2.82. The van der Waals surface area contributed by atoms with Crippen LogP contribution in [-0.4, -0.2) is 23.8 Å². The Morgan fingerprint density at radius 1 is 1.38 bits per heavy atom. The van der Waals surface area contributed by atoms with Crippen molar-refractivity contribution in [1.82, 2.24) is 0 Å². The molecule has 0 aromatic rings. The molecule has 2 aliphatic rings. The number of hydrogen-bond donors (Lipinski definition) is 1. The van der Waals surface area contributed by atoms with Crippen molar-refractivity contribution in [2.24, 2.45) is 5.92 Å². The zero-order valence-electron chi connectivity index (χ0n) is 7.08. The average molecular weight is 230 g/mol. The predicted octanol–water partition coefficient (Wildman–Crippen LogP) is 2.45. The first-order valence-corrected chi connectivity index (χ1v) is 6.80. The van der Waals surface area contributed by atoms with Gasteiger partial charge in [0.15, 0.2) is 16.9 Å². The van der Waals surface area contributed by atoms with Gasteiger partial charge in [-0.05, 0) is 18.8 Å². The molecule has 3 nitrogen and oxygen atoms in total. The Hall–Kier alpha value is 0.530. The molecule has 1 saturated carbocycles. The quantitative estimate of drug-likeness (QED) is 0.702. The fourth-order valence-corrected chi connectivity index (χ4v) is 2.73. The molecule has 76 valence electrons. The molecular formula is C7H12ClFO3P+. The molecule has 0 amide bonds. The number of halogens is 2. The topological polar surface area (TPSA) is 38.7 Å². The highest BCUT2D eigenvalue weighted by Crippen LogP contribution is 2.66. The lowest BCUT2D eigenvalue weighted by atomic mass is 9.74. The molecule has 0 aromatic carbocycles. The van der Waals surface area contributed by atoms with Crippen LogP contribution in [0, 0.1) is 5.92 Å². The van der Waals surface area contributed by atoms with Crippen LogP contribution >= 0.6 is 18.5 Å². The predicted molar refractivity (Wildman–Crippen MR) is 48.1 cm³/mol. The van der Waals surface area contributed by atoms with Gasteiger partial charge in [0.05, 0.1) is 0 Å². The van der Waals surface area contributed by atoms with E-state index in [-0.39, 0.29) is 19.1 Å². The summed E-state index contributed by atoms with van der Waals surface area (Å²) in [6, 6.07) is 0. The molecule has 2 rings (SSSR count). The van der Waals surface area contributed by atoms with Gasteiger partial charge in [-0.2, -0.15) is 13.9 Å². The fourth-order valence-electron chi connectivity index (χ4n) is 1.61. The molecule has 1 saturated heterocycles. The summed E-state index contributed by atoms with van der Waals surface area (Å²) in [7, 11) is -3.21. The van der Waals surface area contributed by atoms with Gasteiger partial charge >= 0.3 is 7.30 Å². The second-order valence-electron chi connectivity index (χ2n) is 3.66. The summed E-state index contributed by atoms with van der Waals surface area (Å²) in [5, 5.41) is 0. The van der Waals surface area contributed by atoms with Gasteiger partial charge in [-0.1, -0.05) is 6.42 Å². The Morgan fingerprint density at radius 3 is 2.31 bits per heavy atom. The Labute approximate surface area is 81.5 Å². The summed E-state index contributed by atoms with van der Waals surface area (Å²) in [6.45, 7) is -0.267. The minimum Gasteiger partial charge on any atom is -0.238 e. The summed E-state index contributed by atoms with van der Waals surface area (Å²) in [5.41, 5.74) is -1.43. The molecule has 6 heteroatoms. The Morgan fingerprint density at radius 2 is 1.92 bits per heavy atom. The summed E-state index contributed by atoms with van der Waals surface area (Å²) in [5.74, 6) is 0.0180. The van der Waals surface area contributed by atoms with E-state index in [0.717, 1.165) is 19.3 Å². The first-order valence-electron chi connectivity index (χ1n) is 4.31. The van der Waals surface area contributed by atoms with Crippen LogP contribution in [0.3, 0.4) is 0 Å². The van der Waals surface area contributed by atoms with Crippen LogP contribution in [0.25, 0.3) is 0 Å². The number of rotatable bonds is 1. The first kappa shape index (κ1) is 10.1. The maximum Gasteiger partial charge on any atom is 0.522 e. The fraction of sp³-hybridized carbons (Fsp3) is 1.00. The molecular weight excluding hydrogens is 217 g/mol. The van der Waals surface area contributed by atoms with Crippen molar-refractivity contribution in [3.05, 3.63) is 0 Å². The van der Waals surface area contributed by atoms with Crippen molar-refractivity contribution < 1.29 is 18.3 Å². The molecule has 0 aromatic heterocycles. The van der Waals surface area contributed by atoms with Gasteiger partial charge in [0.2, 0.25) is 0 Å². The highest BCUT2D eigenvalue weighted by atomic mass is 35.7. The van der Waals surface area contributed by atoms with Crippen LogP contribution in [0.2, 0.25) is 0 Å². The summed E-state index contributed by atoms with van der Waals surface area (Å²) < 4.78 is 23.5. The monoisotopic (exact) mass is 229 g/mol. The number of hydrogen-bond acceptors (Lipinski definition) is 3. The van der Waals surface area contributed by atoms with Crippen LogP contribution in [0.4, 0.5) is 4.39 Å². The largest absolute Gasteiger partial charge is 0.522 e. The Balaban J connectivity index is 1.95. The molecule has 0 bridgehead atoms. The molecule has 0 spiro atoms. The second kappa shape index (κ2) is 3.28. The van der Waals surface area contributed by atoms with Crippen molar-refractivity contribution in [3.8, 4) is 0 Å². The van der Waals surface area contributed by atoms with Crippen LogP contribution in [-0.2, 0) is 9.05 Å². The SMILES string of the molecule is O[P+]1(Cl)OCC(F)(C2CCC2)CO1. The van der Waals surface area contributed by atoms with Crippen molar-refractivity contribution in [3.63, 3.8) is 0 Å². The van der Waals surface area contributed by atoms with Gasteiger partial charge in [-0.3, -0.25) is 0 Å². The van der Waals surface area contributed by atoms with Crippen molar-refractivity contribution in [2.45, 2.75) is 24.9 Å². The van der Waals surface area contributed by atoms with E-state index in [9.17, 15) is 4.39 Å². The minimum atomic E-state index is -3.21. The van der Waals surface area contributed by atoms with E-state index in [2.05, 4.69) is 0 Å². The first-order chi connectivity index (χ1) is 6.02. The van der Waals surface area contributed by atoms with Gasteiger partial charge in [0.25, 0.3) is 0 Å². The summed E-state index contributed by atoms with van der Waals surface area (Å²) in [4.78, 5) is 9.14. The van der Waals surface area contributed by atoms with Crippen LogP contribution in [0.5, 0.6) is 0 Å². The van der Waals surface area contributed by atoms with Gasteiger partial charge in [0.1, 0.15) is 13.2 Å². The van der Waals surface area contributed by atoms with Crippen LogP contribution in [0.15, 0.2) is 0 Å². The van der Waals surface area contributed by atoms with E-state index in [1.54, 1.807) is 0 Å². The lowest BCUT2D eigenvalue weighted by Gasteiger charge is -2.39. The number of alkyl halides is 1. The standard InChI is InChI=1S/C7H12ClFO3P/c8-13(10)11-4-7(9,5-12-13)6-2-1-3-6/h6,10H,1-5H2/q+1. The summed E-state index contributed by atoms with van der Waals surface area (Å²) >= 11 is 5.42. The van der Waals surface area contributed by atoms with E-state index >= 15 is 0 Å². The molecule has 1 N–H and O–H groups in total. The van der Waals surface area contributed by atoms with Gasteiger partial charge < -0.3 is 0 Å². The third kappa shape index (κ3) is 1.97. The maximum absolute atomic E-state index is 14.0.